The average molecular weight is 709 g/mol. The summed E-state index contributed by atoms with van der Waals surface area (Å²) < 4.78 is 20.8. The average Bonchev–Trinajstić information content (AvgIpc) is 3.13. The van der Waals surface area contributed by atoms with Crippen molar-refractivity contribution in [2.75, 3.05) is 49.2 Å². The molecule has 0 bridgehead atoms. The lowest BCUT2D eigenvalue weighted by atomic mass is 10.1. The van der Waals surface area contributed by atoms with Gasteiger partial charge in [-0.15, -0.1) is 0 Å². The van der Waals surface area contributed by atoms with Gasteiger partial charge in [0.2, 0.25) is 0 Å². The summed E-state index contributed by atoms with van der Waals surface area (Å²) in [6.45, 7) is 16.6. The van der Waals surface area contributed by atoms with E-state index in [4.69, 9.17) is 18.9 Å². The lowest BCUT2D eigenvalue weighted by Crippen LogP contribution is -2.46. The third-order valence-electron chi connectivity index (χ3n) is 7.93. The fourth-order valence-electron chi connectivity index (χ4n) is 4.87. The van der Waals surface area contributed by atoms with Gasteiger partial charge in [0, 0.05) is 61.5 Å². The highest BCUT2D eigenvalue weighted by atomic mass is 16.6. The van der Waals surface area contributed by atoms with Crippen LogP contribution < -0.4 is 9.80 Å². The monoisotopic (exact) mass is 708 g/mol. The van der Waals surface area contributed by atoms with E-state index in [2.05, 4.69) is 23.0 Å². The molecule has 1 aliphatic heterocycles. The van der Waals surface area contributed by atoms with E-state index >= 15 is 0 Å². The van der Waals surface area contributed by atoms with Gasteiger partial charge in [0.1, 0.15) is 35.5 Å². The number of carbonyl (C=O) groups is 4. The van der Waals surface area contributed by atoms with Gasteiger partial charge in [-0.1, -0.05) is 37.4 Å². The molecule has 2 aromatic carbocycles. The molecular formula is C40H44N4O8. The van der Waals surface area contributed by atoms with Crippen LogP contribution in [0.1, 0.15) is 51.7 Å². The summed E-state index contributed by atoms with van der Waals surface area (Å²) in [4.78, 5) is 52.6. The van der Waals surface area contributed by atoms with Gasteiger partial charge >= 0.3 is 23.9 Å². The van der Waals surface area contributed by atoms with E-state index in [9.17, 15) is 29.7 Å². The lowest BCUT2D eigenvalue weighted by Gasteiger charge is -2.37. The zero-order valence-electron chi connectivity index (χ0n) is 30.1. The number of ether oxygens (including phenoxy) is 4. The Morgan fingerprint density at radius 2 is 0.981 bits per heavy atom. The molecule has 52 heavy (non-hydrogen) atoms. The molecule has 0 spiro atoms. The number of hydrogen-bond donors (Lipinski definition) is 0. The van der Waals surface area contributed by atoms with Gasteiger partial charge in [0.05, 0.1) is 13.2 Å². The minimum Gasteiger partial charge on any atom is -0.461 e. The van der Waals surface area contributed by atoms with Crippen molar-refractivity contribution in [2.45, 2.75) is 52.7 Å². The van der Waals surface area contributed by atoms with Crippen LogP contribution >= 0.6 is 0 Å². The fraction of sp³-hybridized carbons (Fsp3) is 0.350. The molecule has 1 fully saturated rings. The molecule has 1 saturated heterocycles. The topological polar surface area (TPSA) is 159 Å². The standard InChI is InChI=1S/C40H44N4O8/c1-27(2)37(45)51-29(5)15-21-49-39(47)33(25-41)23-31-7-11-35(12-8-31)43-17-19-44(20-18-43)36-13-9-32(10-14-36)24-34(26-42)40(48)50-22-16-30(6)52-38(46)28(3)4/h7-14,23-24,29-30H,1,3,15-22H2,2,4-6H3/b33-23+,34-24+. The Kier molecular flexibility index (Phi) is 15.4. The Labute approximate surface area is 304 Å². The van der Waals surface area contributed by atoms with Crippen LogP contribution in [0.15, 0.2) is 84.0 Å². The number of anilines is 2. The van der Waals surface area contributed by atoms with E-state index < -0.39 is 36.1 Å². The third-order valence-corrected chi connectivity index (χ3v) is 7.93. The molecule has 272 valence electrons. The maximum Gasteiger partial charge on any atom is 0.348 e. The summed E-state index contributed by atoms with van der Waals surface area (Å²) in [6.07, 6.45) is 2.59. The first-order chi connectivity index (χ1) is 24.8. The molecular weight excluding hydrogens is 664 g/mol. The van der Waals surface area contributed by atoms with E-state index in [1.54, 1.807) is 27.7 Å². The van der Waals surface area contributed by atoms with E-state index in [-0.39, 0.29) is 48.3 Å². The Hall–Kier alpha value is -6.14. The number of carbonyl (C=O) groups excluding carboxylic acids is 4. The highest BCUT2D eigenvalue weighted by Gasteiger charge is 2.19. The third kappa shape index (κ3) is 12.6. The van der Waals surface area contributed by atoms with Crippen LogP contribution in [0.3, 0.4) is 0 Å². The molecule has 0 amide bonds. The van der Waals surface area contributed by atoms with E-state index in [1.165, 1.54) is 12.2 Å². The number of hydrogen-bond acceptors (Lipinski definition) is 12. The quantitative estimate of drug-likeness (QED) is 0.0906. The molecule has 3 rings (SSSR count). The molecule has 1 aliphatic rings. The van der Waals surface area contributed by atoms with E-state index in [0.29, 0.717) is 11.1 Å². The molecule has 0 aliphatic carbocycles. The zero-order valence-corrected chi connectivity index (χ0v) is 30.1. The summed E-state index contributed by atoms with van der Waals surface area (Å²) in [5.74, 6) is -2.52. The normalized spacial score (nSPS) is 14.2. The van der Waals surface area contributed by atoms with Crippen molar-refractivity contribution in [1.29, 1.82) is 10.5 Å². The second-order valence-corrected chi connectivity index (χ2v) is 12.3. The molecule has 1 heterocycles. The predicted molar refractivity (Wildman–Crippen MR) is 196 cm³/mol. The molecule has 2 unspecified atom stereocenters. The highest BCUT2D eigenvalue weighted by molar-refractivity contribution is 5.98. The first-order valence-corrected chi connectivity index (χ1v) is 16.8. The van der Waals surface area contributed by atoms with Crippen LogP contribution in [0.5, 0.6) is 0 Å². The van der Waals surface area contributed by atoms with Gasteiger partial charge in [-0.3, -0.25) is 0 Å². The summed E-state index contributed by atoms with van der Waals surface area (Å²) in [5.41, 5.74) is 3.67. The maximum absolute atomic E-state index is 12.5. The molecule has 2 aromatic rings. The minimum atomic E-state index is -0.750. The second kappa shape index (κ2) is 19.9. The number of nitriles is 2. The second-order valence-electron chi connectivity index (χ2n) is 12.3. The van der Waals surface area contributed by atoms with Crippen molar-refractivity contribution < 1.29 is 38.1 Å². The van der Waals surface area contributed by atoms with Gasteiger partial charge in [-0.2, -0.15) is 10.5 Å². The van der Waals surface area contributed by atoms with Gasteiger partial charge in [0.15, 0.2) is 0 Å². The molecule has 12 nitrogen and oxygen atoms in total. The van der Waals surface area contributed by atoms with Crippen LogP contribution in [0.25, 0.3) is 12.2 Å². The van der Waals surface area contributed by atoms with Gasteiger partial charge in [-0.25, -0.2) is 19.2 Å². The number of piperazine rings is 1. The Balaban J connectivity index is 1.48. The Morgan fingerprint density at radius 1 is 0.654 bits per heavy atom. The van der Waals surface area contributed by atoms with Crippen LogP contribution in [0.2, 0.25) is 0 Å². The van der Waals surface area contributed by atoms with Crippen LogP contribution in [-0.4, -0.2) is 75.5 Å². The highest BCUT2D eigenvalue weighted by Crippen LogP contribution is 2.23. The summed E-state index contributed by atoms with van der Waals surface area (Å²) in [6, 6.07) is 18.9. The minimum absolute atomic E-state index is 0.00718. The molecule has 0 N–H and O–H groups in total. The molecule has 0 aromatic heterocycles. The molecule has 0 saturated carbocycles. The van der Waals surface area contributed by atoms with Gasteiger partial charge < -0.3 is 28.7 Å². The van der Waals surface area contributed by atoms with Crippen molar-refractivity contribution in [1.82, 2.24) is 0 Å². The summed E-state index contributed by atoms with van der Waals surface area (Å²) in [5, 5.41) is 19.1. The van der Waals surface area contributed by atoms with Crippen molar-refractivity contribution in [3.05, 3.63) is 95.1 Å². The fourth-order valence-corrected chi connectivity index (χ4v) is 4.87. The zero-order chi connectivity index (χ0) is 38.2. The van der Waals surface area contributed by atoms with Gasteiger partial charge in [0.25, 0.3) is 0 Å². The lowest BCUT2D eigenvalue weighted by molar-refractivity contribution is -0.147. The SMILES string of the molecule is C=C(C)C(=O)OC(C)CCOC(=O)/C(C#N)=C/c1ccc(N2CCN(c3ccc(/C=C(\C#N)C(=O)OCCC(C)OC(=O)C(=C)C)cc3)CC2)cc1. The van der Waals surface area contributed by atoms with E-state index in [1.807, 2.05) is 60.7 Å². The number of rotatable bonds is 16. The first kappa shape index (κ1) is 40.3. The molecule has 2 atom stereocenters. The van der Waals surface area contributed by atoms with E-state index in [0.717, 1.165) is 37.6 Å². The van der Waals surface area contributed by atoms with Crippen LogP contribution in [-0.2, 0) is 38.1 Å². The maximum atomic E-state index is 12.5. The molecule has 12 heteroatoms. The predicted octanol–water partition coefficient (Wildman–Crippen LogP) is 5.71. The largest absolute Gasteiger partial charge is 0.461 e. The Morgan fingerprint density at radius 3 is 1.27 bits per heavy atom. The van der Waals surface area contributed by atoms with Crippen LogP contribution in [0.4, 0.5) is 11.4 Å². The number of esters is 4. The number of nitrogens with zero attached hydrogens (tertiary/aromatic N) is 4. The van der Waals surface area contributed by atoms with Gasteiger partial charge in [-0.05, 0) is 75.2 Å². The first-order valence-electron chi connectivity index (χ1n) is 16.8. The van der Waals surface area contributed by atoms with Crippen LogP contribution in [0, 0.1) is 22.7 Å². The Bertz CT molecular complexity index is 1640. The van der Waals surface area contributed by atoms with Crippen molar-refractivity contribution >= 4 is 47.4 Å². The van der Waals surface area contributed by atoms with Crippen molar-refractivity contribution in [3.63, 3.8) is 0 Å². The smallest absolute Gasteiger partial charge is 0.348 e. The summed E-state index contributed by atoms with van der Waals surface area (Å²) >= 11 is 0. The molecule has 0 radical (unpaired) electrons. The number of benzene rings is 2. The van der Waals surface area contributed by atoms with Crippen molar-refractivity contribution in [3.8, 4) is 12.1 Å². The van der Waals surface area contributed by atoms with Crippen molar-refractivity contribution in [2.24, 2.45) is 0 Å². The summed E-state index contributed by atoms with van der Waals surface area (Å²) in [7, 11) is 0.